The zero-order chi connectivity index (χ0) is 9.84. The Kier molecular flexibility index (Phi) is 3.81. The lowest BCUT2D eigenvalue weighted by Crippen LogP contribution is -2.39. The van der Waals surface area contributed by atoms with Crippen molar-refractivity contribution in [3.05, 3.63) is 12.2 Å². The molecule has 1 rings (SSSR count). The molecule has 1 saturated heterocycles. The predicted octanol–water partition coefficient (Wildman–Crippen LogP) is 0.403. The van der Waals surface area contributed by atoms with E-state index in [0.29, 0.717) is 5.92 Å². The Morgan fingerprint density at radius 2 is 2.38 bits per heavy atom. The number of carbonyl (C=O) groups is 1. The zero-order valence-electron chi connectivity index (χ0n) is 7.75. The van der Waals surface area contributed by atoms with Crippen LogP contribution in [0.25, 0.3) is 0 Å². The first-order valence-corrected chi connectivity index (χ1v) is 5.48. The van der Waals surface area contributed by atoms with Gasteiger partial charge in [0.05, 0.1) is 6.61 Å². The molecule has 2 atom stereocenters. The summed E-state index contributed by atoms with van der Waals surface area (Å²) >= 11 is 1.84. The standard InChI is InChI=1S/C9H15NO2S/c1-6(3-11)9(12)10-8-5-13-4-7(8)2/h7-8,11H,1,3-5H2,2H3,(H,10,12). The molecule has 1 aliphatic rings. The molecular formula is C9H15NO2S. The number of thioether (sulfide) groups is 1. The Labute approximate surface area is 82.6 Å². The van der Waals surface area contributed by atoms with E-state index >= 15 is 0 Å². The smallest absolute Gasteiger partial charge is 0.249 e. The summed E-state index contributed by atoms with van der Waals surface area (Å²) in [6, 6.07) is 0.237. The molecule has 0 aliphatic carbocycles. The molecule has 2 N–H and O–H groups in total. The van der Waals surface area contributed by atoms with Crippen LogP contribution in [-0.2, 0) is 4.79 Å². The van der Waals surface area contributed by atoms with Crippen molar-refractivity contribution in [3.8, 4) is 0 Å². The summed E-state index contributed by atoms with van der Waals surface area (Å²) in [4.78, 5) is 11.3. The first-order valence-electron chi connectivity index (χ1n) is 4.32. The molecule has 0 aromatic carbocycles. The molecule has 13 heavy (non-hydrogen) atoms. The molecule has 1 aliphatic heterocycles. The van der Waals surface area contributed by atoms with Crippen LogP contribution in [0.4, 0.5) is 0 Å². The number of nitrogens with one attached hydrogen (secondary N) is 1. The van der Waals surface area contributed by atoms with E-state index in [4.69, 9.17) is 5.11 Å². The monoisotopic (exact) mass is 201 g/mol. The highest BCUT2D eigenvalue weighted by Crippen LogP contribution is 2.23. The fourth-order valence-electron chi connectivity index (χ4n) is 1.19. The SMILES string of the molecule is C=C(CO)C(=O)NC1CSCC1C. The summed E-state index contributed by atoms with van der Waals surface area (Å²) in [7, 11) is 0. The van der Waals surface area contributed by atoms with E-state index in [1.807, 2.05) is 11.8 Å². The average Bonchev–Trinajstić information content (AvgIpc) is 2.50. The van der Waals surface area contributed by atoms with Crippen molar-refractivity contribution >= 4 is 17.7 Å². The third kappa shape index (κ3) is 2.74. The lowest BCUT2D eigenvalue weighted by molar-refractivity contribution is -0.118. The summed E-state index contributed by atoms with van der Waals surface area (Å²) in [5, 5.41) is 11.5. The molecule has 1 heterocycles. The molecule has 0 bridgehead atoms. The van der Waals surface area contributed by atoms with Gasteiger partial charge >= 0.3 is 0 Å². The van der Waals surface area contributed by atoms with Crippen LogP contribution >= 0.6 is 11.8 Å². The Bertz CT molecular complexity index is 218. The molecule has 1 fully saturated rings. The van der Waals surface area contributed by atoms with Crippen molar-refractivity contribution in [2.75, 3.05) is 18.1 Å². The Morgan fingerprint density at radius 3 is 2.85 bits per heavy atom. The number of aliphatic hydroxyl groups excluding tert-OH is 1. The van der Waals surface area contributed by atoms with E-state index in [1.54, 1.807) is 0 Å². The molecule has 0 spiro atoms. The Morgan fingerprint density at radius 1 is 1.69 bits per heavy atom. The first kappa shape index (κ1) is 10.6. The number of hydrogen-bond donors (Lipinski definition) is 2. The van der Waals surface area contributed by atoms with Crippen LogP contribution in [0.3, 0.4) is 0 Å². The quantitative estimate of drug-likeness (QED) is 0.650. The van der Waals surface area contributed by atoms with Crippen molar-refractivity contribution < 1.29 is 9.90 Å². The van der Waals surface area contributed by atoms with Crippen LogP contribution in [0.2, 0.25) is 0 Å². The van der Waals surface area contributed by atoms with E-state index < -0.39 is 0 Å². The molecule has 0 radical (unpaired) electrons. The van der Waals surface area contributed by atoms with Crippen LogP contribution in [0, 0.1) is 5.92 Å². The summed E-state index contributed by atoms with van der Waals surface area (Å²) in [5.41, 5.74) is 0.240. The second kappa shape index (κ2) is 4.67. The van der Waals surface area contributed by atoms with E-state index in [-0.39, 0.29) is 24.1 Å². The minimum atomic E-state index is -0.264. The maximum Gasteiger partial charge on any atom is 0.249 e. The number of aliphatic hydroxyl groups is 1. The van der Waals surface area contributed by atoms with Gasteiger partial charge in [-0.15, -0.1) is 0 Å². The zero-order valence-corrected chi connectivity index (χ0v) is 8.56. The number of hydrogen-bond acceptors (Lipinski definition) is 3. The molecule has 0 saturated carbocycles. The third-order valence-electron chi connectivity index (χ3n) is 2.19. The second-order valence-electron chi connectivity index (χ2n) is 3.36. The summed E-state index contributed by atoms with van der Waals surface area (Å²) in [5.74, 6) is 2.35. The van der Waals surface area contributed by atoms with Gasteiger partial charge in [-0.2, -0.15) is 11.8 Å². The van der Waals surface area contributed by atoms with Gasteiger partial charge in [-0.05, 0) is 11.7 Å². The Hall–Kier alpha value is -0.480. The van der Waals surface area contributed by atoms with Crippen molar-refractivity contribution in [1.82, 2.24) is 5.32 Å². The number of amides is 1. The first-order chi connectivity index (χ1) is 6.15. The van der Waals surface area contributed by atoms with Gasteiger partial charge in [0.15, 0.2) is 0 Å². The lowest BCUT2D eigenvalue weighted by atomic mass is 10.1. The average molecular weight is 201 g/mol. The van der Waals surface area contributed by atoms with Crippen molar-refractivity contribution in [1.29, 1.82) is 0 Å². The van der Waals surface area contributed by atoms with Gasteiger partial charge in [0.1, 0.15) is 0 Å². The van der Waals surface area contributed by atoms with Crippen molar-refractivity contribution in [2.45, 2.75) is 13.0 Å². The highest BCUT2D eigenvalue weighted by atomic mass is 32.2. The second-order valence-corrected chi connectivity index (χ2v) is 4.43. The summed E-state index contributed by atoms with van der Waals surface area (Å²) in [6.45, 7) is 5.33. The van der Waals surface area contributed by atoms with E-state index in [2.05, 4.69) is 18.8 Å². The molecular weight excluding hydrogens is 186 g/mol. The van der Waals surface area contributed by atoms with Gasteiger partial charge in [-0.3, -0.25) is 4.79 Å². The molecule has 3 nitrogen and oxygen atoms in total. The molecule has 2 unspecified atom stereocenters. The van der Waals surface area contributed by atoms with Gasteiger partial charge in [0.2, 0.25) is 5.91 Å². The van der Waals surface area contributed by atoms with Crippen LogP contribution in [0.15, 0.2) is 12.2 Å². The number of rotatable bonds is 3. The lowest BCUT2D eigenvalue weighted by Gasteiger charge is -2.16. The van der Waals surface area contributed by atoms with Gasteiger partial charge in [-0.1, -0.05) is 13.5 Å². The van der Waals surface area contributed by atoms with Gasteiger partial charge in [0.25, 0.3) is 0 Å². The molecule has 1 amide bonds. The summed E-state index contributed by atoms with van der Waals surface area (Å²) in [6.07, 6.45) is 0. The normalized spacial score (nSPS) is 27.2. The van der Waals surface area contributed by atoms with E-state index in [9.17, 15) is 4.79 Å². The van der Waals surface area contributed by atoms with Gasteiger partial charge in [0, 0.05) is 17.4 Å². The maximum absolute atomic E-state index is 11.3. The third-order valence-corrected chi connectivity index (χ3v) is 3.55. The topological polar surface area (TPSA) is 49.3 Å². The maximum atomic E-state index is 11.3. The number of carbonyl (C=O) groups excluding carboxylic acids is 1. The molecule has 0 aromatic heterocycles. The minimum Gasteiger partial charge on any atom is -0.391 e. The van der Waals surface area contributed by atoms with Crippen LogP contribution in [0.1, 0.15) is 6.92 Å². The van der Waals surface area contributed by atoms with Crippen molar-refractivity contribution in [3.63, 3.8) is 0 Å². The van der Waals surface area contributed by atoms with Crippen LogP contribution < -0.4 is 5.32 Å². The Balaban J connectivity index is 2.39. The highest BCUT2D eigenvalue weighted by molar-refractivity contribution is 7.99. The van der Waals surface area contributed by atoms with Crippen LogP contribution in [-0.4, -0.2) is 35.2 Å². The highest BCUT2D eigenvalue weighted by Gasteiger charge is 2.25. The predicted molar refractivity (Wildman–Crippen MR) is 54.6 cm³/mol. The fraction of sp³-hybridized carbons (Fsp3) is 0.667. The van der Waals surface area contributed by atoms with E-state index in [0.717, 1.165) is 11.5 Å². The van der Waals surface area contributed by atoms with E-state index in [1.165, 1.54) is 0 Å². The van der Waals surface area contributed by atoms with Crippen molar-refractivity contribution in [2.24, 2.45) is 5.92 Å². The molecule has 4 heteroatoms. The largest absolute Gasteiger partial charge is 0.391 e. The fourth-order valence-corrected chi connectivity index (χ4v) is 2.59. The van der Waals surface area contributed by atoms with Gasteiger partial charge < -0.3 is 10.4 Å². The molecule has 0 aromatic rings. The summed E-state index contributed by atoms with van der Waals surface area (Å²) < 4.78 is 0. The van der Waals surface area contributed by atoms with Gasteiger partial charge in [-0.25, -0.2) is 0 Å². The minimum absolute atomic E-state index is 0.221. The molecule has 74 valence electrons. The van der Waals surface area contributed by atoms with Crippen LogP contribution in [0.5, 0.6) is 0 Å².